The first-order chi connectivity index (χ1) is 8.80. The van der Waals surface area contributed by atoms with Gasteiger partial charge in [-0.1, -0.05) is 36.2 Å². The van der Waals surface area contributed by atoms with E-state index in [1.807, 2.05) is 0 Å². The van der Waals surface area contributed by atoms with Gasteiger partial charge >= 0.3 is 0 Å². The molecule has 1 aromatic carbocycles. The van der Waals surface area contributed by atoms with Crippen LogP contribution in [0.25, 0.3) is 0 Å². The summed E-state index contributed by atoms with van der Waals surface area (Å²) >= 11 is 3.36. The van der Waals surface area contributed by atoms with Crippen LogP contribution in [0.3, 0.4) is 0 Å². The Morgan fingerprint density at radius 3 is 2.68 bits per heavy atom. The van der Waals surface area contributed by atoms with Gasteiger partial charge in [-0.05, 0) is 54.9 Å². The van der Waals surface area contributed by atoms with Crippen molar-refractivity contribution in [3.8, 4) is 0 Å². The quantitative estimate of drug-likeness (QED) is 0.769. The molecule has 1 aliphatic rings. The monoisotopic (exact) mass is 328 g/mol. The highest BCUT2D eigenvalue weighted by molar-refractivity contribution is 9.10. The van der Waals surface area contributed by atoms with Crippen molar-refractivity contribution in [2.24, 2.45) is 5.41 Å². The second kappa shape index (κ2) is 5.53. The first-order valence-electron chi connectivity index (χ1n) is 6.96. The van der Waals surface area contributed by atoms with E-state index in [1.54, 1.807) is 12.1 Å². The molecule has 0 radical (unpaired) electrons. The Bertz CT molecular complexity index is 458. The van der Waals surface area contributed by atoms with Gasteiger partial charge in [0.1, 0.15) is 5.82 Å². The van der Waals surface area contributed by atoms with E-state index in [0.717, 1.165) is 36.6 Å². The van der Waals surface area contributed by atoms with Crippen LogP contribution in [0.4, 0.5) is 4.39 Å². The molecule has 0 amide bonds. The predicted molar refractivity (Wildman–Crippen MR) is 79.6 cm³/mol. The van der Waals surface area contributed by atoms with Crippen LogP contribution in [0, 0.1) is 11.2 Å². The summed E-state index contributed by atoms with van der Waals surface area (Å²) in [6.45, 7) is 4.50. The highest BCUT2D eigenvalue weighted by Gasteiger charge is 2.34. The fourth-order valence-electron chi connectivity index (χ4n) is 2.93. The zero-order valence-electron chi connectivity index (χ0n) is 11.7. The molecule has 1 unspecified atom stereocenters. The Kier molecular flexibility index (Phi) is 4.36. The molecule has 1 saturated carbocycles. The number of rotatable bonds is 2. The normalized spacial score (nSPS) is 27.0. The lowest BCUT2D eigenvalue weighted by molar-refractivity contribution is 0.0218. The van der Waals surface area contributed by atoms with Crippen LogP contribution in [-0.2, 0) is 6.42 Å². The Morgan fingerprint density at radius 1 is 1.21 bits per heavy atom. The van der Waals surface area contributed by atoms with Gasteiger partial charge < -0.3 is 5.11 Å². The van der Waals surface area contributed by atoms with Gasteiger partial charge in [-0.3, -0.25) is 0 Å². The van der Waals surface area contributed by atoms with E-state index in [-0.39, 0.29) is 5.82 Å². The third kappa shape index (κ3) is 4.03. The second-order valence-corrected chi connectivity index (χ2v) is 7.57. The zero-order chi connectivity index (χ0) is 14.1. The fraction of sp³-hybridized carbons (Fsp3) is 0.625. The van der Waals surface area contributed by atoms with Gasteiger partial charge in [-0.15, -0.1) is 0 Å². The van der Waals surface area contributed by atoms with E-state index >= 15 is 0 Å². The van der Waals surface area contributed by atoms with Gasteiger partial charge in [-0.2, -0.15) is 0 Å². The summed E-state index contributed by atoms with van der Waals surface area (Å²) in [7, 11) is 0. The summed E-state index contributed by atoms with van der Waals surface area (Å²) in [5.41, 5.74) is 0.145. The molecule has 106 valence electrons. The van der Waals surface area contributed by atoms with Gasteiger partial charge in [0.05, 0.1) is 5.60 Å². The lowest BCUT2D eigenvalue weighted by Gasteiger charge is -2.28. The van der Waals surface area contributed by atoms with Crippen LogP contribution >= 0.6 is 15.9 Å². The van der Waals surface area contributed by atoms with Crippen molar-refractivity contribution in [2.75, 3.05) is 0 Å². The first kappa shape index (κ1) is 15.0. The van der Waals surface area contributed by atoms with E-state index in [9.17, 15) is 9.50 Å². The van der Waals surface area contributed by atoms with Crippen LogP contribution in [-0.4, -0.2) is 10.7 Å². The smallest absolute Gasteiger partial charge is 0.126 e. The topological polar surface area (TPSA) is 20.2 Å². The van der Waals surface area contributed by atoms with Crippen molar-refractivity contribution in [1.82, 2.24) is 0 Å². The zero-order valence-corrected chi connectivity index (χ0v) is 13.3. The minimum Gasteiger partial charge on any atom is -0.390 e. The third-order valence-electron chi connectivity index (χ3n) is 4.29. The molecule has 1 N–H and O–H groups in total. The van der Waals surface area contributed by atoms with E-state index in [0.29, 0.717) is 17.4 Å². The molecule has 3 heteroatoms. The average Bonchev–Trinajstić information content (AvgIpc) is 2.44. The number of hydrogen-bond acceptors (Lipinski definition) is 1. The summed E-state index contributed by atoms with van der Waals surface area (Å²) in [4.78, 5) is 0. The van der Waals surface area contributed by atoms with Gasteiger partial charge in [0.15, 0.2) is 0 Å². The van der Waals surface area contributed by atoms with Crippen LogP contribution < -0.4 is 0 Å². The van der Waals surface area contributed by atoms with Crippen molar-refractivity contribution >= 4 is 15.9 Å². The Morgan fingerprint density at radius 2 is 1.95 bits per heavy atom. The van der Waals surface area contributed by atoms with Crippen molar-refractivity contribution in [2.45, 2.75) is 58.0 Å². The van der Waals surface area contributed by atoms with Gasteiger partial charge in [0.25, 0.3) is 0 Å². The second-order valence-electron chi connectivity index (χ2n) is 6.65. The Balaban J connectivity index is 2.14. The van der Waals surface area contributed by atoms with Gasteiger partial charge in [-0.25, -0.2) is 4.39 Å². The number of aliphatic hydroxyl groups is 1. The largest absolute Gasteiger partial charge is 0.390 e. The molecule has 1 nitrogen and oxygen atoms in total. The summed E-state index contributed by atoms with van der Waals surface area (Å²) in [5.74, 6) is -0.222. The molecule has 0 saturated heterocycles. The molecule has 0 aromatic heterocycles. The average molecular weight is 329 g/mol. The van der Waals surface area contributed by atoms with E-state index < -0.39 is 5.60 Å². The number of hydrogen-bond donors (Lipinski definition) is 1. The van der Waals surface area contributed by atoms with Crippen LogP contribution in [0.15, 0.2) is 22.7 Å². The molecule has 0 bridgehead atoms. The molecule has 0 heterocycles. The molecule has 1 aliphatic carbocycles. The molecule has 2 rings (SSSR count). The molecular formula is C16H22BrFO. The lowest BCUT2D eigenvalue weighted by Crippen LogP contribution is -2.31. The van der Waals surface area contributed by atoms with Crippen LogP contribution in [0.5, 0.6) is 0 Å². The van der Waals surface area contributed by atoms with Crippen molar-refractivity contribution in [3.05, 3.63) is 34.1 Å². The van der Waals surface area contributed by atoms with Crippen molar-refractivity contribution in [3.63, 3.8) is 0 Å². The maximum atomic E-state index is 13.8. The lowest BCUT2D eigenvalue weighted by atomic mass is 9.83. The highest BCUT2D eigenvalue weighted by Crippen LogP contribution is 2.39. The van der Waals surface area contributed by atoms with Crippen LogP contribution in [0.2, 0.25) is 0 Å². The predicted octanol–water partition coefficient (Wildman–Crippen LogP) is 4.85. The Hall–Kier alpha value is -0.410. The van der Waals surface area contributed by atoms with Crippen LogP contribution in [0.1, 0.15) is 51.5 Å². The molecule has 19 heavy (non-hydrogen) atoms. The molecule has 1 atom stereocenters. The maximum Gasteiger partial charge on any atom is 0.126 e. The van der Waals surface area contributed by atoms with Crippen molar-refractivity contribution in [1.29, 1.82) is 0 Å². The number of benzene rings is 1. The number of halogens is 2. The molecule has 0 spiro atoms. The summed E-state index contributed by atoms with van der Waals surface area (Å²) < 4.78 is 14.7. The highest BCUT2D eigenvalue weighted by atomic mass is 79.9. The first-order valence-corrected chi connectivity index (χ1v) is 7.75. The minimum atomic E-state index is -0.755. The summed E-state index contributed by atoms with van der Waals surface area (Å²) in [6, 6.07) is 4.94. The summed E-state index contributed by atoms with van der Waals surface area (Å²) in [6.07, 6.45) is 5.08. The van der Waals surface area contributed by atoms with Gasteiger partial charge in [0.2, 0.25) is 0 Å². The maximum absolute atomic E-state index is 13.8. The van der Waals surface area contributed by atoms with E-state index in [4.69, 9.17) is 0 Å². The molecular weight excluding hydrogens is 307 g/mol. The minimum absolute atomic E-state index is 0.222. The standard InChI is InChI=1S/C16H22BrFO/c1-15(2)6-3-7-16(19,9-8-15)11-12-10-13(17)4-5-14(12)18/h4-5,10,19H,3,6-9,11H2,1-2H3. The Labute approximate surface area is 123 Å². The fourth-order valence-corrected chi connectivity index (χ4v) is 3.34. The molecule has 1 aromatic rings. The summed E-state index contributed by atoms with van der Waals surface area (Å²) in [5, 5.41) is 10.8. The third-order valence-corrected chi connectivity index (χ3v) is 4.78. The van der Waals surface area contributed by atoms with Crippen molar-refractivity contribution < 1.29 is 9.50 Å². The van der Waals surface area contributed by atoms with E-state index in [2.05, 4.69) is 29.8 Å². The molecule has 1 fully saturated rings. The van der Waals surface area contributed by atoms with Gasteiger partial charge in [0, 0.05) is 10.9 Å². The molecule has 0 aliphatic heterocycles. The van der Waals surface area contributed by atoms with E-state index in [1.165, 1.54) is 6.07 Å². The SMILES string of the molecule is CC1(C)CCCC(O)(Cc2cc(Br)ccc2F)CC1.